The summed E-state index contributed by atoms with van der Waals surface area (Å²) in [7, 11) is 0. The quantitative estimate of drug-likeness (QED) is 0.522. The standard InChI is InChI=1S/C5H6N2O3/c1-3(8)7-4(2-6)5(9)10/h4H,1H3,(H,7,8)(H,9,10). The summed E-state index contributed by atoms with van der Waals surface area (Å²) >= 11 is 0. The second-order valence-electron chi connectivity index (χ2n) is 1.60. The molecule has 0 saturated heterocycles. The fraction of sp³-hybridized carbons (Fsp3) is 0.400. The number of hydrogen-bond acceptors (Lipinski definition) is 3. The van der Waals surface area contributed by atoms with Crippen molar-refractivity contribution in [1.29, 1.82) is 5.26 Å². The lowest BCUT2D eigenvalue weighted by atomic mass is 10.3. The predicted octanol–water partition coefficient (Wildman–Crippen LogP) is -0.901. The number of nitrogens with zero attached hydrogens (tertiary/aromatic N) is 1. The Morgan fingerprint density at radius 3 is 2.30 bits per heavy atom. The van der Waals surface area contributed by atoms with Gasteiger partial charge in [0.25, 0.3) is 0 Å². The molecule has 5 nitrogen and oxygen atoms in total. The van der Waals surface area contributed by atoms with E-state index in [1.807, 2.05) is 5.32 Å². The summed E-state index contributed by atoms with van der Waals surface area (Å²) in [5, 5.41) is 18.2. The van der Waals surface area contributed by atoms with Gasteiger partial charge in [-0.2, -0.15) is 5.26 Å². The summed E-state index contributed by atoms with van der Waals surface area (Å²) in [6.45, 7) is 1.15. The lowest BCUT2D eigenvalue weighted by molar-refractivity contribution is -0.139. The smallest absolute Gasteiger partial charge is 0.341 e. The number of aliphatic carboxylic acids is 1. The van der Waals surface area contributed by atoms with Crippen LogP contribution in [0.5, 0.6) is 0 Å². The molecule has 0 aromatic rings. The molecule has 0 saturated carbocycles. The molecule has 0 bridgehead atoms. The minimum Gasteiger partial charge on any atom is -0.479 e. The normalized spacial score (nSPS) is 11.2. The number of carboxylic acids is 1. The van der Waals surface area contributed by atoms with Gasteiger partial charge in [-0.15, -0.1) is 0 Å². The summed E-state index contributed by atoms with van der Waals surface area (Å²) in [5.74, 6) is -1.88. The molecule has 1 unspecified atom stereocenters. The number of carboxylic acid groups (broad SMARTS) is 1. The van der Waals surface area contributed by atoms with Crippen molar-refractivity contribution in [2.45, 2.75) is 13.0 Å². The van der Waals surface area contributed by atoms with Gasteiger partial charge in [0.1, 0.15) is 0 Å². The first kappa shape index (κ1) is 8.43. The van der Waals surface area contributed by atoms with Crippen LogP contribution in [0.2, 0.25) is 0 Å². The van der Waals surface area contributed by atoms with E-state index in [2.05, 4.69) is 0 Å². The van der Waals surface area contributed by atoms with Gasteiger partial charge in [0, 0.05) is 6.92 Å². The Hall–Kier alpha value is -1.57. The highest BCUT2D eigenvalue weighted by atomic mass is 16.4. The van der Waals surface area contributed by atoms with E-state index in [0.29, 0.717) is 0 Å². The molecule has 0 radical (unpaired) electrons. The minimum atomic E-state index is -1.43. The van der Waals surface area contributed by atoms with E-state index in [9.17, 15) is 9.59 Å². The van der Waals surface area contributed by atoms with Crippen LogP contribution < -0.4 is 5.32 Å². The van der Waals surface area contributed by atoms with Gasteiger partial charge in [-0.05, 0) is 0 Å². The zero-order valence-electron chi connectivity index (χ0n) is 5.29. The third kappa shape index (κ3) is 2.67. The van der Waals surface area contributed by atoms with Crippen molar-refractivity contribution >= 4 is 11.9 Å². The number of nitriles is 1. The Morgan fingerprint density at radius 2 is 2.20 bits per heavy atom. The van der Waals surface area contributed by atoms with E-state index >= 15 is 0 Å². The fourth-order valence-electron chi connectivity index (χ4n) is 0.352. The summed E-state index contributed by atoms with van der Waals surface area (Å²) in [6.07, 6.45) is 0. The Bertz CT molecular complexity index is 194. The number of carbonyl (C=O) groups is 2. The largest absolute Gasteiger partial charge is 0.479 e. The van der Waals surface area contributed by atoms with E-state index in [-0.39, 0.29) is 0 Å². The first-order valence-corrected chi connectivity index (χ1v) is 2.47. The Kier molecular flexibility index (Phi) is 2.91. The second kappa shape index (κ2) is 3.45. The Labute approximate surface area is 57.3 Å². The van der Waals surface area contributed by atoms with Gasteiger partial charge in [-0.25, -0.2) is 4.79 Å². The van der Waals surface area contributed by atoms with E-state index in [1.54, 1.807) is 0 Å². The average molecular weight is 142 g/mol. The van der Waals surface area contributed by atoms with Crippen LogP contribution in [0, 0.1) is 11.3 Å². The van der Waals surface area contributed by atoms with Crippen molar-refractivity contribution in [3.05, 3.63) is 0 Å². The van der Waals surface area contributed by atoms with Gasteiger partial charge < -0.3 is 10.4 Å². The van der Waals surface area contributed by atoms with Crippen molar-refractivity contribution < 1.29 is 14.7 Å². The highest BCUT2D eigenvalue weighted by molar-refractivity contribution is 5.84. The van der Waals surface area contributed by atoms with Crippen LogP contribution in [0.1, 0.15) is 6.92 Å². The molecule has 0 aromatic heterocycles. The maximum Gasteiger partial charge on any atom is 0.341 e. The first-order chi connectivity index (χ1) is 4.57. The number of hydrogen-bond donors (Lipinski definition) is 2. The van der Waals surface area contributed by atoms with Gasteiger partial charge in [-0.3, -0.25) is 4.79 Å². The van der Waals surface area contributed by atoms with E-state index in [4.69, 9.17) is 10.4 Å². The fourth-order valence-corrected chi connectivity index (χ4v) is 0.352. The number of rotatable bonds is 2. The predicted molar refractivity (Wildman–Crippen MR) is 30.9 cm³/mol. The van der Waals surface area contributed by atoms with Crippen molar-refractivity contribution in [3.63, 3.8) is 0 Å². The second-order valence-corrected chi connectivity index (χ2v) is 1.60. The number of carbonyl (C=O) groups excluding carboxylic acids is 1. The van der Waals surface area contributed by atoms with Gasteiger partial charge in [0.2, 0.25) is 11.9 Å². The zero-order chi connectivity index (χ0) is 8.15. The maximum atomic E-state index is 10.2. The summed E-state index contributed by atoms with van der Waals surface area (Å²) in [5.41, 5.74) is 0. The molecular weight excluding hydrogens is 136 g/mol. The van der Waals surface area contributed by atoms with Crippen molar-refractivity contribution in [2.24, 2.45) is 0 Å². The minimum absolute atomic E-state index is 0.533. The van der Waals surface area contributed by atoms with E-state index < -0.39 is 17.9 Å². The highest BCUT2D eigenvalue weighted by Gasteiger charge is 2.15. The first-order valence-electron chi connectivity index (χ1n) is 2.47. The molecule has 0 spiro atoms. The van der Waals surface area contributed by atoms with E-state index in [1.165, 1.54) is 6.07 Å². The molecule has 1 atom stereocenters. The molecule has 1 amide bonds. The molecule has 54 valence electrons. The molecule has 0 aliphatic rings. The van der Waals surface area contributed by atoms with Crippen molar-refractivity contribution in [1.82, 2.24) is 5.32 Å². The van der Waals surface area contributed by atoms with E-state index in [0.717, 1.165) is 6.92 Å². The van der Waals surface area contributed by atoms with Crippen LogP contribution >= 0.6 is 0 Å². The summed E-state index contributed by atoms with van der Waals surface area (Å²) in [6, 6.07) is -0.0315. The zero-order valence-corrected chi connectivity index (χ0v) is 5.29. The van der Waals surface area contributed by atoms with Crippen molar-refractivity contribution in [3.8, 4) is 6.07 Å². The van der Waals surface area contributed by atoms with Crippen LogP contribution in [-0.2, 0) is 9.59 Å². The van der Waals surface area contributed by atoms with Crippen LogP contribution in [0.3, 0.4) is 0 Å². The molecule has 2 N–H and O–H groups in total. The lowest BCUT2D eigenvalue weighted by Gasteiger charge is -2.01. The Morgan fingerprint density at radius 1 is 1.70 bits per heavy atom. The molecule has 10 heavy (non-hydrogen) atoms. The molecule has 0 aromatic carbocycles. The maximum absolute atomic E-state index is 10.2. The van der Waals surface area contributed by atoms with Crippen LogP contribution in [0.4, 0.5) is 0 Å². The lowest BCUT2D eigenvalue weighted by Crippen LogP contribution is -2.38. The SMILES string of the molecule is CC(=O)NC(C#N)C(=O)O. The van der Waals surface area contributed by atoms with Crippen molar-refractivity contribution in [2.75, 3.05) is 0 Å². The molecule has 0 aliphatic carbocycles. The van der Waals surface area contributed by atoms with Gasteiger partial charge in [-0.1, -0.05) is 0 Å². The molecular formula is C5H6N2O3. The molecule has 0 heterocycles. The van der Waals surface area contributed by atoms with Gasteiger partial charge in [0.15, 0.2) is 0 Å². The van der Waals surface area contributed by atoms with Gasteiger partial charge in [0.05, 0.1) is 6.07 Å². The third-order valence-electron chi connectivity index (χ3n) is 0.724. The topological polar surface area (TPSA) is 90.2 Å². The molecule has 0 rings (SSSR count). The number of amides is 1. The van der Waals surface area contributed by atoms with Crippen LogP contribution in [-0.4, -0.2) is 23.0 Å². The summed E-state index contributed by atoms with van der Waals surface area (Å²) < 4.78 is 0. The monoisotopic (exact) mass is 142 g/mol. The molecule has 0 aliphatic heterocycles. The summed E-state index contributed by atoms with van der Waals surface area (Å²) in [4.78, 5) is 20.2. The molecule has 5 heteroatoms. The van der Waals surface area contributed by atoms with Crippen LogP contribution in [0.25, 0.3) is 0 Å². The van der Waals surface area contributed by atoms with Gasteiger partial charge >= 0.3 is 5.97 Å². The molecule has 0 fully saturated rings. The van der Waals surface area contributed by atoms with Crippen LogP contribution in [0.15, 0.2) is 0 Å². The average Bonchev–Trinajstić information content (AvgIpc) is 1.81. The third-order valence-corrected chi connectivity index (χ3v) is 0.724. The highest BCUT2D eigenvalue weighted by Crippen LogP contribution is 1.79. The number of nitrogens with one attached hydrogen (secondary N) is 1. The Balaban J connectivity index is 4.00.